The average molecular weight is 237 g/mol. The Kier molecular flexibility index (Phi) is 2.41. The highest BCUT2D eigenvalue weighted by Crippen LogP contribution is 2.13. The second-order valence-corrected chi connectivity index (χ2v) is 3.65. The Labute approximate surface area is 95.7 Å². The third kappa shape index (κ3) is 1.49. The van der Waals surface area contributed by atoms with Crippen molar-refractivity contribution in [1.82, 2.24) is 19.2 Å². The number of hydrogen-bond acceptors (Lipinski definition) is 5. The maximum atomic E-state index is 11.9. The van der Waals surface area contributed by atoms with Crippen LogP contribution < -0.4 is 5.56 Å². The maximum absolute atomic E-state index is 11.9. The van der Waals surface area contributed by atoms with E-state index in [2.05, 4.69) is 10.1 Å². The number of rotatable bonds is 2. The first kappa shape index (κ1) is 11.2. The van der Waals surface area contributed by atoms with Gasteiger partial charge < -0.3 is 4.57 Å². The molecule has 0 aromatic carbocycles. The zero-order valence-electron chi connectivity index (χ0n) is 9.67. The molecule has 0 amide bonds. The van der Waals surface area contributed by atoms with Crippen LogP contribution in [-0.2, 0) is 13.5 Å². The van der Waals surface area contributed by atoms with E-state index in [-0.39, 0.29) is 5.69 Å². The fourth-order valence-corrected chi connectivity index (χ4v) is 1.62. The highest BCUT2D eigenvalue weighted by molar-refractivity contribution is 5.41. The number of fused-ring (bicyclic) bond motifs is 1. The van der Waals surface area contributed by atoms with Crippen LogP contribution in [0.1, 0.15) is 18.4 Å². The van der Waals surface area contributed by atoms with Crippen LogP contribution in [0, 0.1) is 17.0 Å². The third-order valence-electron chi connectivity index (χ3n) is 2.67. The lowest BCUT2D eigenvalue weighted by Gasteiger charge is -2.04. The molecule has 2 heterocycles. The topological polar surface area (TPSA) is 95.3 Å². The molecule has 0 radical (unpaired) electrons. The first-order valence-electron chi connectivity index (χ1n) is 5.07. The summed E-state index contributed by atoms with van der Waals surface area (Å²) in [5, 5.41) is 14.8. The van der Waals surface area contributed by atoms with Crippen molar-refractivity contribution in [2.24, 2.45) is 7.05 Å². The summed E-state index contributed by atoms with van der Waals surface area (Å²) >= 11 is 0. The molecule has 0 saturated carbocycles. The summed E-state index contributed by atoms with van der Waals surface area (Å²) in [7, 11) is 1.62. The molecule has 0 saturated heterocycles. The summed E-state index contributed by atoms with van der Waals surface area (Å²) < 4.78 is 2.47. The van der Waals surface area contributed by atoms with Crippen molar-refractivity contribution in [3.8, 4) is 0 Å². The molecule has 2 rings (SSSR count). The van der Waals surface area contributed by atoms with Gasteiger partial charge in [-0.3, -0.25) is 14.9 Å². The summed E-state index contributed by atoms with van der Waals surface area (Å²) in [6.45, 7) is 3.36. The van der Waals surface area contributed by atoms with E-state index in [4.69, 9.17) is 0 Å². The minimum Gasteiger partial charge on any atom is -0.311 e. The number of hydrogen-bond donors (Lipinski definition) is 0. The Morgan fingerprint density at radius 2 is 2.12 bits per heavy atom. The van der Waals surface area contributed by atoms with Gasteiger partial charge in [-0.05, 0) is 6.92 Å². The number of nitrogens with zero attached hydrogens (tertiary/aromatic N) is 5. The smallest absolute Gasteiger partial charge is 0.311 e. The Morgan fingerprint density at radius 1 is 1.47 bits per heavy atom. The van der Waals surface area contributed by atoms with E-state index >= 15 is 0 Å². The van der Waals surface area contributed by atoms with Crippen molar-refractivity contribution < 1.29 is 4.92 Å². The van der Waals surface area contributed by atoms with E-state index < -0.39 is 16.2 Å². The molecule has 0 aliphatic rings. The van der Waals surface area contributed by atoms with Crippen LogP contribution in [0.4, 0.5) is 5.69 Å². The molecule has 0 N–H and O–H groups in total. The average Bonchev–Trinajstić information content (AvgIpc) is 2.70. The van der Waals surface area contributed by atoms with E-state index in [1.54, 1.807) is 7.05 Å². The molecule has 2 aromatic heterocycles. The van der Waals surface area contributed by atoms with Gasteiger partial charge in [0.1, 0.15) is 5.69 Å². The molecule has 0 aliphatic heterocycles. The molecule has 0 aliphatic carbocycles. The maximum Gasteiger partial charge on any atom is 0.355 e. The second-order valence-electron chi connectivity index (χ2n) is 3.65. The zero-order chi connectivity index (χ0) is 12.7. The highest BCUT2D eigenvalue weighted by Gasteiger charge is 2.23. The minimum atomic E-state index is -0.743. The van der Waals surface area contributed by atoms with Crippen LogP contribution in [0.5, 0.6) is 0 Å². The van der Waals surface area contributed by atoms with Gasteiger partial charge in [-0.25, -0.2) is 0 Å². The molecule has 0 unspecified atom stereocenters. The zero-order valence-corrected chi connectivity index (χ0v) is 9.67. The van der Waals surface area contributed by atoms with Gasteiger partial charge in [0.05, 0.1) is 4.92 Å². The van der Waals surface area contributed by atoms with Crippen molar-refractivity contribution in [2.45, 2.75) is 20.3 Å². The molecule has 0 bridgehead atoms. The SMILES string of the molecule is CCc1nc2n(C)c(C)c([N+](=O)[O-])c(=O)n2n1. The largest absolute Gasteiger partial charge is 0.355 e. The molecule has 17 heavy (non-hydrogen) atoms. The van der Waals surface area contributed by atoms with Gasteiger partial charge in [0.15, 0.2) is 5.82 Å². The molecule has 0 fully saturated rings. The molecule has 0 atom stereocenters. The molecule has 2 aromatic rings. The predicted octanol–water partition coefficient (Wildman–Crippen LogP) is 0.207. The van der Waals surface area contributed by atoms with Crippen molar-refractivity contribution in [2.75, 3.05) is 0 Å². The summed E-state index contributed by atoms with van der Waals surface area (Å²) in [6, 6.07) is 0. The quantitative estimate of drug-likeness (QED) is 0.549. The first-order valence-corrected chi connectivity index (χ1v) is 5.07. The van der Waals surface area contributed by atoms with E-state index in [9.17, 15) is 14.9 Å². The number of aromatic nitrogens is 4. The minimum absolute atomic E-state index is 0.266. The summed E-state index contributed by atoms with van der Waals surface area (Å²) in [4.78, 5) is 26.2. The molecule has 0 spiro atoms. The van der Waals surface area contributed by atoms with Crippen LogP contribution in [0.25, 0.3) is 5.78 Å². The van der Waals surface area contributed by atoms with Gasteiger partial charge in [-0.1, -0.05) is 6.92 Å². The lowest BCUT2D eigenvalue weighted by Crippen LogP contribution is -2.23. The molecule has 90 valence electrons. The second kappa shape index (κ2) is 3.65. The normalized spacial score (nSPS) is 11.0. The van der Waals surface area contributed by atoms with Crippen molar-refractivity contribution in [3.05, 3.63) is 32.0 Å². The van der Waals surface area contributed by atoms with Crippen LogP contribution in [0.2, 0.25) is 0 Å². The fourth-order valence-electron chi connectivity index (χ4n) is 1.62. The Bertz CT molecular complexity index is 669. The number of aryl methyl sites for hydroxylation is 2. The van der Waals surface area contributed by atoms with E-state index in [1.165, 1.54) is 11.5 Å². The standard InChI is InChI=1S/C9H11N5O3/c1-4-6-10-9-12(3)5(2)7(14(16)17)8(15)13(9)11-6/h4H2,1-3H3. The van der Waals surface area contributed by atoms with Gasteiger partial charge in [-0.2, -0.15) is 9.50 Å². The lowest BCUT2D eigenvalue weighted by atomic mass is 10.3. The van der Waals surface area contributed by atoms with Crippen LogP contribution in [0.3, 0.4) is 0 Å². The van der Waals surface area contributed by atoms with Gasteiger partial charge in [0.2, 0.25) is 5.78 Å². The fraction of sp³-hybridized carbons (Fsp3) is 0.444. The lowest BCUT2D eigenvalue weighted by molar-refractivity contribution is -0.387. The predicted molar refractivity (Wildman–Crippen MR) is 59.0 cm³/mol. The summed E-state index contributed by atoms with van der Waals surface area (Å²) in [5.74, 6) is 0.799. The third-order valence-corrected chi connectivity index (χ3v) is 2.67. The van der Waals surface area contributed by atoms with Crippen LogP contribution >= 0.6 is 0 Å². The van der Waals surface area contributed by atoms with Gasteiger partial charge in [0, 0.05) is 13.5 Å². The molecule has 8 heteroatoms. The van der Waals surface area contributed by atoms with Crippen molar-refractivity contribution >= 4 is 11.5 Å². The first-order chi connectivity index (χ1) is 7.97. The van der Waals surface area contributed by atoms with E-state index in [0.29, 0.717) is 18.0 Å². The van der Waals surface area contributed by atoms with Crippen molar-refractivity contribution in [1.29, 1.82) is 0 Å². The Morgan fingerprint density at radius 3 is 2.65 bits per heavy atom. The Hall–Kier alpha value is -2.25. The van der Waals surface area contributed by atoms with E-state index in [0.717, 1.165) is 4.52 Å². The summed E-state index contributed by atoms with van der Waals surface area (Å²) in [6.07, 6.45) is 0.563. The van der Waals surface area contributed by atoms with Crippen molar-refractivity contribution in [3.63, 3.8) is 0 Å². The summed E-state index contributed by atoms with van der Waals surface area (Å²) in [5.41, 5.74) is -0.942. The van der Waals surface area contributed by atoms with E-state index in [1.807, 2.05) is 6.92 Å². The molecular formula is C9H11N5O3. The van der Waals surface area contributed by atoms with Crippen LogP contribution in [-0.4, -0.2) is 24.1 Å². The highest BCUT2D eigenvalue weighted by atomic mass is 16.6. The molecule has 8 nitrogen and oxygen atoms in total. The Balaban J connectivity index is 2.97. The molecular weight excluding hydrogens is 226 g/mol. The van der Waals surface area contributed by atoms with Gasteiger partial charge in [-0.15, -0.1) is 5.10 Å². The van der Waals surface area contributed by atoms with Crippen LogP contribution in [0.15, 0.2) is 4.79 Å². The number of nitro groups is 1. The van der Waals surface area contributed by atoms with Gasteiger partial charge in [0.25, 0.3) is 0 Å². The van der Waals surface area contributed by atoms with Gasteiger partial charge >= 0.3 is 11.2 Å². The monoisotopic (exact) mass is 237 g/mol.